The third-order valence-corrected chi connectivity index (χ3v) is 4.79. The molecule has 5 heteroatoms. The summed E-state index contributed by atoms with van der Waals surface area (Å²) in [6, 6.07) is 3.76. The molecule has 3 nitrogen and oxygen atoms in total. The van der Waals surface area contributed by atoms with Crippen molar-refractivity contribution in [2.45, 2.75) is 33.6 Å². The number of phenolic OH excluding ortho intramolecular Hbond substituents is 1. The highest BCUT2D eigenvalue weighted by Crippen LogP contribution is 2.31. The van der Waals surface area contributed by atoms with E-state index in [1.165, 1.54) is 0 Å². The predicted molar refractivity (Wildman–Crippen MR) is 90.4 cm³/mol. The summed E-state index contributed by atoms with van der Waals surface area (Å²) >= 11 is 8.39. The Bertz CT molecular complexity index is 648. The molecule has 1 N–H and O–H groups in total. The summed E-state index contributed by atoms with van der Waals surface area (Å²) in [5.74, 6) is 1.19. The number of aryl methyl sites for hydroxylation is 2. The maximum atomic E-state index is 9.85. The summed E-state index contributed by atoms with van der Waals surface area (Å²) in [6.45, 7) is 7.89. The van der Waals surface area contributed by atoms with E-state index in [2.05, 4.69) is 46.4 Å². The van der Waals surface area contributed by atoms with E-state index in [4.69, 9.17) is 11.6 Å². The zero-order chi connectivity index (χ0) is 15.0. The quantitative estimate of drug-likeness (QED) is 0.577. The van der Waals surface area contributed by atoms with Gasteiger partial charge in [-0.25, -0.2) is 9.97 Å². The fourth-order valence-corrected chi connectivity index (χ4v) is 3.07. The van der Waals surface area contributed by atoms with Gasteiger partial charge in [0.05, 0.1) is 9.26 Å². The summed E-state index contributed by atoms with van der Waals surface area (Å²) < 4.78 is 0.898. The van der Waals surface area contributed by atoms with Gasteiger partial charge in [-0.2, -0.15) is 0 Å². The average Bonchev–Trinajstić information content (AvgIpc) is 2.38. The van der Waals surface area contributed by atoms with Crippen LogP contribution in [-0.2, 0) is 0 Å². The molecule has 0 aliphatic carbocycles. The molecule has 2 aromatic rings. The lowest BCUT2D eigenvalue weighted by molar-refractivity contribution is 0.467. The van der Waals surface area contributed by atoms with Crippen LogP contribution >= 0.6 is 34.2 Å². The van der Waals surface area contributed by atoms with Crippen molar-refractivity contribution in [3.8, 4) is 17.1 Å². The van der Waals surface area contributed by atoms with Gasteiger partial charge in [0.25, 0.3) is 0 Å². The largest absolute Gasteiger partial charge is 0.507 e. The maximum absolute atomic E-state index is 9.85. The number of rotatable bonds is 2. The van der Waals surface area contributed by atoms with Crippen molar-refractivity contribution in [3.63, 3.8) is 0 Å². The van der Waals surface area contributed by atoms with E-state index in [-0.39, 0.29) is 5.92 Å². The van der Waals surface area contributed by atoms with E-state index in [1.54, 1.807) is 0 Å². The van der Waals surface area contributed by atoms with E-state index in [9.17, 15) is 5.11 Å². The Labute approximate surface area is 137 Å². The van der Waals surface area contributed by atoms with E-state index in [0.29, 0.717) is 16.7 Å². The molecule has 20 heavy (non-hydrogen) atoms. The van der Waals surface area contributed by atoms with Crippen LogP contribution in [0.4, 0.5) is 0 Å². The van der Waals surface area contributed by atoms with E-state index >= 15 is 0 Å². The van der Waals surface area contributed by atoms with Crippen LogP contribution in [0.1, 0.15) is 36.6 Å². The number of aromatic nitrogens is 2. The van der Waals surface area contributed by atoms with Gasteiger partial charge in [-0.15, -0.1) is 0 Å². The zero-order valence-electron chi connectivity index (χ0n) is 11.8. The van der Waals surface area contributed by atoms with Crippen molar-refractivity contribution in [2.24, 2.45) is 0 Å². The first-order valence-corrected chi connectivity index (χ1v) is 7.80. The lowest BCUT2D eigenvalue weighted by Gasteiger charge is -2.12. The number of halogens is 2. The van der Waals surface area contributed by atoms with Gasteiger partial charge < -0.3 is 5.11 Å². The minimum atomic E-state index is 0.278. The second-order valence-electron chi connectivity index (χ2n) is 5.15. The Morgan fingerprint density at radius 3 is 2.20 bits per heavy atom. The molecule has 2 rings (SSSR count). The molecule has 0 aliphatic rings. The number of aromatic hydroxyl groups is 1. The van der Waals surface area contributed by atoms with Crippen LogP contribution in [-0.4, -0.2) is 15.1 Å². The standard InChI is InChI=1S/C15H16ClIN2O/c1-7(2)12-11(17)14(16)19-15(18-12)10-5-8(3)13(20)9(4)6-10/h5-7,20H,1-4H3. The molecular weight excluding hydrogens is 387 g/mol. The van der Waals surface area contributed by atoms with Crippen LogP contribution in [0.2, 0.25) is 5.15 Å². The summed E-state index contributed by atoms with van der Waals surface area (Å²) in [7, 11) is 0. The number of nitrogens with zero attached hydrogens (tertiary/aromatic N) is 2. The van der Waals surface area contributed by atoms with E-state index < -0.39 is 0 Å². The molecule has 0 unspecified atom stereocenters. The number of benzene rings is 1. The SMILES string of the molecule is Cc1cc(-c2nc(Cl)c(I)c(C(C)C)n2)cc(C)c1O. The Kier molecular flexibility index (Phi) is 4.54. The first-order chi connectivity index (χ1) is 9.31. The molecule has 0 aliphatic heterocycles. The van der Waals surface area contributed by atoms with Crippen LogP contribution < -0.4 is 0 Å². The van der Waals surface area contributed by atoms with Gasteiger partial charge in [-0.1, -0.05) is 25.4 Å². The molecule has 0 bridgehead atoms. The Morgan fingerprint density at radius 2 is 1.70 bits per heavy atom. The third-order valence-electron chi connectivity index (χ3n) is 3.13. The second-order valence-corrected chi connectivity index (χ2v) is 6.59. The lowest BCUT2D eigenvalue weighted by Crippen LogP contribution is -2.02. The molecule has 0 atom stereocenters. The predicted octanol–water partition coefficient (Wildman–Crippen LogP) is 4.85. The van der Waals surface area contributed by atoms with E-state index in [0.717, 1.165) is 26.0 Å². The maximum Gasteiger partial charge on any atom is 0.161 e. The highest BCUT2D eigenvalue weighted by molar-refractivity contribution is 14.1. The van der Waals surface area contributed by atoms with Crippen molar-refractivity contribution in [3.05, 3.63) is 37.7 Å². The molecule has 0 saturated carbocycles. The summed E-state index contributed by atoms with van der Waals surface area (Å²) in [4.78, 5) is 8.99. The van der Waals surface area contributed by atoms with Crippen molar-refractivity contribution >= 4 is 34.2 Å². The lowest BCUT2D eigenvalue weighted by atomic mass is 10.0. The van der Waals surface area contributed by atoms with Crippen LogP contribution in [0, 0.1) is 17.4 Å². The van der Waals surface area contributed by atoms with Crippen LogP contribution in [0.25, 0.3) is 11.4 Å². The molecule has 0 spiro atoms. The minimum absolute atomic E-state index is 0.278. The van der Waals surface area contributed by atoms with Gasteiger partial charge in [0, 0.05) is 5.56 Å². The Balaban J connectivity index is 2.64. The molecule has 0 amide bonds. The van der Waals surface area contributed by atoms with E-state index in [1.807, 2.05) is 26.0 Å². The van der Waals surface area contributed by atoms with Crippen LogP contribution in [0.5, 0.6) is 5.75 Å². The van der Waals surface area contributed by atoms with Crippen LogP contribution in [0.3, 0.4) is 0 Å². The van der Waals surface area contributed by atoms with Gasteiger partial charge >= 0.3 is 0 Å². The van der Waals surface area contributed by atoms with Crippen molar-refractivity contribution in [2.75, 3.05) is 0 Å². The Hall–Kier alpha value is -0.880. The molecule has 1 aromatic heterocycles. The van der Waals surface area contributed by atoms with Gasteiger partial charge in [0.15, 0.2) is 5.82 Å². The van der Waals surface area contributed by atoms with Gasteiger partial charge in [0.2, 0.25) is 0 Å². The topological polar surface area (TPSA) is 46.0 Å². The molecule has 0 radical (unpaired) electrons. The zero-order valence-corrected chi connectivity index (χ0v) is 14.7. The van der Waals surface area contributed by atoms with Gasteiger partial charge in [0.1, 0.15) is 10.9 Å². The molecule has 0 saturated heterocycles. The fourth-order valence-electron chi connectivity index (χ4n) is 2.03. The van der Waals surface area contributed by atoms with Crippen molar-refractivity contribution in [1.82, 2.24) is 9.97 Å². The normalized spacial score (nSPS) is 11.2. The Morgan fingerprint density at radius 1 is 1.15 bits per heavy atom. The van der Waals surface area contributed by atoms with Gasteiger partial charge in [-0.3, -0.25) is 0 Å². The van der Waals surface area contributed by atoms with Crippen molar-refractivity contribution < 1.29 is 5.11 Å². The first-order valence-electron chi connectivity index (χ1n) is 6.34. The monoisotopic (exact) mass is 402 g/mol. The highest BCUT2D eigenvalue weighted by atomic mass is 127. The number of hydrogen-bond acceptors (Lipinski definition) is 3. The molecule has 1 aromatic carbocycles. The molecule has 1 heterocycles. The van der Waals surface area contributed by atoms with Crippen molar-refractivity contribution in [1.29, 1.82) is 0 Å². The summed E-state index contributed by atoms with van der Waals surface area (Å²) in [6.07, 6.45) is 0. The number of phenols is 1. The van der Waals surface area contributed by atoms with Gasteiger partial charge in [-0.05, 0) is 65.6 Å². The highest BCUT2D eigenvalue weighted by Gasteiger charge is 2.15. The summed E-state index contributed by atoms with van der Waals surface area (Å²) in [5.41, 5.74) is 3.44. The summed E-state index contributed by atoms with van der Waals surface area (Å²) in [5, 5.41) is 10.3. The van der Waals surface area contributed by atoms with Crippen LogP contribution in [0.15, 0.2) is 12.1 Å². The molecule has 106 valence electrons. The average molecular weight is 403 g/mol. The molecular formula is C15H16ClIN2O. The fraction of sp³-hybridized carbons (Fsp3) is 0.333. The molecule has 0 fully saturated rings. The first kappa shape index (κ1) is 15.5. The number of hydrogen-bond donors (Lipinski definition) is 1. The second kappa shape index (κ2) is 5.85. The third kappa shape index (κ3) is 2.91. The smallest absolute Gasteiger partial charge is 0.161 e. The minimum Gasteiger partial charge on any atom is -0.507 e.